The number of carboxylic acids is 1. The smallest absolute Gasteiger partial charge is 0.303 e. The van der Waals surface area contributed by atoms with Gasteiger partial charge >= 0.3 is 5.97 Å². The fraction of sp³-hybridized carbons (Fsp3) is 0.900. The third-order valence-corrected chi connectivity index (χ3v) is 1.84. The normalized spacial score (nSPS) is 12.7. The van der Waals surface area contributed by atoms with Crippen molar-refractivity contribution in [2.24, 2.45) is 0 Å². The van der Waals surface area contributed by atoms with Gasteiger partial charge in [0, 0.05) is 20.1 Å². The largest absolute Gasteiger partial charge is 0.481 e. The maximum Gasteiger partial charge on any atom is 0.303 e. The number of unbranched alkanes of at least 4 members (excludes halogenated alkanes) is 2. The molecule has 0 saturated carbocycles. The molecule has 0 spiro atoms. The van der Waals surface area contributed by atoms with Crippen LogP contribution in [0.3, 0.4) is 0 Å². The minimum absolute atomic E-state index is 0.125. The van der Waals surface area contributed by atoms with E-state index in [9.17, 15) is 4.79 Å². The second-order valence-electron chi connectivity index (χ2n) is 3.34. The Balaban J connectivity index is 3.09. The molecule has 4 nitrogen and oxygen atoms in total. The molecule has 0 aliphatic heterocycles. The summed E-state index contributed by atoms with van der Waals surface area (Å²) in [6.45, 7) is 3.25. The van der Waals surface area contributed by atoms with Gasteiger partial charge in [-0.2, -0.15) is 0 Å². The topological polar surface area (TPSA) is 55.8 Å². The van der Waals surface area contributed by atoms with Crippen LogP contribution in [0.2, 0.25) is 0 Å². The molecule has 14 heavy (non-hydrogen) atoms. The zero-order valence-corrected chi connectivity index (χ0v) is 8.99. The summed E-state index contributed by atoms with van der Waals surface area (Å²) in [6, 6.07) is 0. The summed E-state index contributed by atoms with van der Waals surface area (Å²) in [5, 5.41) is 8.38. The first-order valence-electron chi connectivity index (χ1n) is 4.99. The molecule has 0 amide bonds. The number of ether oxygens (including phenoxy) is 2. The van der Waals surface area contributed by atoms with E-state index in [4.69, 9.17) is 14.6 Å². The van der Waals surface area contributed by atoms with E-state index in [1.54, 1.807) is 7.11 Å². The number of methoxy groups -OCH3 is 1. The molecular weight excluding hydrogens is 184 g/mol. The van der Waals surface area contributed by atoms with Crippen LogP contribution in [0.4, 0.5) is 0 Å². The Morgan fingerprint density at radius 1 is 1.36 bits per heavy atom. The summed E-state index contributed by atoms with van der Waals surface area (Å²) >= 11 is 0. The average Bonchev–Trinajstić information content (AvgIpc) is 2.11. The van der Waals surface area contributed by atoms with Crippen LogP contribution in [-0.2, 0) is 14.3 Å². The van der Waals surface area contributed by atoms with Gasteiger partial charge in [-0.25, -0.2) is 0 Å². The van der Waals surface area contributed by atoms with E-state index in [0.29, 0.717) is 13.2 Å². The van der Waals surface area contributed by atoms with Crippen molar-refractivity contribution in [2.45, 2.75) is 38.7 Å². The van der Waals surface area contributed by atoms with Gasteiger partial charge in [0.05, 0.1) is 12.7 Å². The molecule has 1 atom stereocenters. The van der Waals surface area contributed by atoms with Gasteiger partial charge < -0.3 is 14.6 Å². The molecule has 0 rings (SSSR count). The van der Waals surface area contributed by atoms with Gasteiger partial charge in [0.1, 0.15) is 0 Å². The van der Waals surface area contributed by atoms with Gasteiger partial charge in [0.15, 0.2) is 0 Å². The minimum Gasteiger partial charge on any atom is -0.481 e. The van der Waals surface area contributed by atoms with Crippen molar-refractivity contribution >= 4 is 5.97 Å². The van der Waals surface area contributed by atoms with Crippen LogP contribution < -0.4 is 0 Å². The van der Waals surface area contributed by atoms with Crippen molar-refractivity contribution in [2.75, 3.05) is 20.3 Å². The highest BCUT2D eigenvalue weighted by Crippen LogP contribution is 2.01. The zero-order valence-electron chi connectivity index (χ0n) is 8.99. The molecule has 0 fully saturated rings. The molecule has 0 aromatic carbocycles. The van der Waals surface area contributed by atoms with Crippen LogP contribution >= 0.6 is 0 Å². The summed E-state index contributed by atoms with van der Waals surface area (Å²) < 4.78 is 10.3. The molecule has 84 valence electrons. The Labute approximate surface area is 85.2 Å². The number of aliphatic carboxylic acids is 1. The summed E-state index contributed by atoms with van der Waals surface area (Å²) in [5.41, 5.74) is 0. The minimum atomic E-state index is -0.723. The van der Waals surface area contributed by atoms with E-state index in [-0.39, 0.29) is 12.5 Å². The first-order valence-corrected chi connectivity index (χ1v) is 4.99. The van der Waals surface area contributed by atoms with Crippen molar-refractivity contribution in [1.82, 2.24) is 0 Å². The van der Waals surface area contributed by atoms with Crippen molar-refractivity contribution in [1.29, 1.82) is 0 Å². The molecule has 0 aromatic heterocycles. The predicted octanol–water partition coefficient (Wildman–Crippen LogP) is 1.68. The number of carbonyl (C=O) groups is 1. The van der Waals surface area contributed by atoms with E-state index >= 15 is 0 Å². The van der Waals surface area contributed by atoms with E-state index in [2.05, 4.69) is 0 Å². The fourth-order valence-electron chi connectivity index (χ4n) is 1.12. The molecule has 4 heteroatoms. The SMILES string of the molecule is COCC(C)OCCCCCC(=O)O. The maximum atomic E-state index is 10.2. The van der Waals surface area contributed by atoms with Gasteiger partial charge in [-0.05, 0) is 19.8 Å². The fourth-order valence-corrected chi connectivity index (χ4v) is 1.12. The van der Waals surface area contributed by atoms with E-state index in [0.717, 1.165) is 19.3 Å². The summed E-state index contributed by atoms with van der Waals surface area (Å²) in [4.78, 5) is 10.2. The highest BCUT2D eigenvalue weighted by molar-refractivity contribution is 5.66. The molecular formula is C10H20O4. The Hall–Kier alpha value is -0.610. The van der Waals surface area contributed by atoms with Crippen LogP contribution in [0.25, 0.3) is 0 Å². The van der Waals surface area contributed by atoms with Crippen molar-refractivity contribution in [3.05, 3.63) is 0 Å². The average molecular weight is 204 g/mol. The number of rotatable bonds is 9. The van der Waals surface area contributed by atoms with Crippen LogP contribution in [0.15, 0.2) is 0 Å². The van der Waals surface area contributed by atoms with Gasteiger partial charge in [-0.3, -0.25) is 4.79 Å². The Kier molecular flexibility index (Phi) is 8.57. The van der Waals surface area contributed by atoms with Gasteiger partial charge in [-0.1, -0.05) is 6.42 Å². The van der Waals surface area contributed by atoms with Gasteiger partial charge in [-0.15, -0.1) is 0 Å². The standard InChI is InChI=1S/C10H20O4/c1-9(8-13-2)14-7-5-3-4-6-10(11)12/h9H,3-8H2,1-2H3,(H,11,12). The van der Waals surface area contributed by atoms with E-state index < -0.39 is 5.97 Å². The third-order valence-electron chi connectivity index (χ3n) is 1.84. The zero-order chi connectivity index (χ0) is 10.8. The summed E-state index contributed by atoms with van der Waals surface area (Å²) in [6.07, 6.45) is 2.94. The Bertz CT molecular complexity index is 147. The molecule has 0 bridgehead atoms. The quantitative estimate of drug-likeness (QED) is 0.580. The predicted molar refractivity (Wildman–Crippen MR) is 53.4 cm³/mol. The van der Waals surface area contributed by atoms with Crippen molar-refractivity contribution in [3.8, 4) is 0 Å². The summed E-state index contributed by atoms with van der Waals surface area (Å²) in [5.74, 6) is -0.723. The molecule has 1 unspecified atom stereocenters. The lowest BCUT2D eigenvalue weighted by Crippen LogP contribution is -2.15. The summed E-state index contributed by atoms with van der Waals surface area (Å²) in [7, 11) is 1.65. The molecule has 0 radical (unpaired) electrons. The molecule has 1 N–H and O–H groups in total. The Morgan fingerprint density at radius 3 is 2.64 bits per heavy atom. The van der Waals surface area contributed by atoms with Gasteiger partial charge in [0.2, 0.25) is 0 Å². The second-order valence-corrected chi connectivity index (χ2v) is 3.34. The third kappa shape index (κ3) is 9.48. The number of hydrogen-bond donors (Lipinski definition) is 1. The molecule has 0 aromatic rings. The second kappa shape index (κ2) is 8.97. The lowest BCUT2D eigenvalue weighted by Gasteiger charge is -2.11. The number of carboxylic acid groups (broad SMARTS) is 1. The molecule has 0 aliphatic carbocycles. The van der Waals surface area contributed by atoms with Crippen LogP contribution in [0, 0.1) is 0 Å². The maximum absolute atomic E-state index is 10.2. The molecule has 0 saturated heterocycles. The first-order chi connectivity index (χ1) is 6.66. The molecule has 0 heterocycles. The van der Waals surface area contributed by atoms with Crippen molar-refractivity contribution < 1.29 is 19.4 Å². The lowest BCUT2D eigenvalue weighted by molar-refractivity contribution is -0.137. The lowest BCUT2D eigenvalue weighted by atomic mass is 10.2. The highest BCUT2D eigenvalue weighted by atomic mass is 16.5. The monoisotopic (exact) mass is 204 g/mol. The molecule has 0 aliphatic rings. The van der Waals surface area contributed by atoms with Gasteiger partial charge in [0.25, 0.3) is 0 Å². The van der Waals surface area contributed by atoms with Crippen LogP contribution in [-0.4, -0.2) is 37.5 Å². The highest BCUT2D eigenvalue weighted by Gasteiger charge is 2.00. The van der Waals surface area contributed by atoms with E-state index in [1.807, 2.05) is 6.92 Å². The number of hydrogen-bond acceptors (Lipinski definition) is 3. The van der Waals surface area contributed by atoms with Crippen molar-refractivity contribution in [3.63, 3.8) is 0 Å². The Morgan fingerprint density at radius 2 is 2.07 bits per heavy atom. The first kappa shape index (κ1) is 13.4. The van der Waals surface area contributed by atoms with Crippen LogP contribution in [0.5, 0.6) is 0 Å². The van der Waals surface area contributed by atoms with E-state index in [1.165, 1.54) is 0 Å². The van der Waals surface area contributed by atoms with Crippen LogP contribution in [0.1, 0.15) is 32.6 Å².